The highest BCUT2D eigenvalue weighted by molar-refractivity contribution is 9.11. The number of amides is 3. The molecule has 0 aliphatic carbocycles. The topological polar surface area (TPSA) is 75.7 Å². The van der Waals surface area contributed by atoms with E-state index in [1.54, 1.807) is 12.1 Å². The molecule has 2 fully saturated rings. The quantitative estimate of drug-likeness (QED) is 0.706. The maximum Gasteiger partial charge on any atom is 0.255 e. The van der Waals surface area contributed by atoms with Gasteiger partial charge in [-0.2, -0.15) is 0 Å². The number of nitrogens with zero attached hydrogens (tertiary/aromatic N) is 1. The lowest BCUT2D eigenvalue weighted by molar-refractivity contribution is -0.139. The van der Waals surface area contributed by atoms with Crippen LogP contribution in [0.25, 0.3) is 0 Å². The van der Waals surface area contributed by atoms with Crippen LogP contribution in [0.1, 0.15) is 24.3 Å². The molecule has 122 valence electrons. The van der Waals surface area contributed by atoms with E-state index in [4.69, 9.17) is 4.74 Å². The molecule has 3 amide bonds. The van der Waals surface area contributed by atoms with E-state index in [0.29, 0.717) is 22.2 Å². The van der Waals surface area contributed by atoms with Gasteiger partial charge >= 0.3 is 0 Å². The van der Waals surface area contributed by atoms with Crippen LogP contribution in [-0.2, 0) is 14.4 Å². The maximum absolute atomic E-state index is 12.7. The summed E-state index contributed by atoms with van der Waals surface area (Å²) in [4.78, 5) is 38.2. The summed E-state index contributed by atoms with van der Waals surface area (Å²) in [5.41, 5.74) is -0.584. The van der Waals surface area contributed by atoms with Crippen molar-refractivity contribution in [3.8, 4) is 5.75 Å². The van der Waals surface area contributed by atoms with Crippen molar-refractivity contribution < 1.29 is 19.1 Å². The third-order valence-corrected chi connectivity index (χ3v) is 5.75. The standard InChI is InChI=1S/C15H14Br2N2O4/c1-19-13(21)12(15(14(19)22)4-3-11(20)18-15)7-5-10(23-2)9(17)6-8(7)16/h5-6,12H,3-4H2,1-2H3,(H,18,20)/t12-,15-/m1/s1. The number of hydrogen-bond acceptors (Lipinski definition) is 4. The van der Waals surface area contributed by atoms with E-state index in [-0.39, 0.29) is 24.1 Å². The fourth-order valence-electron chi connectivity index (χ4n) is 3.31. The Hall–Kier alpha value is -1.41. The zero-order valence-electron chi connectivity index (χ0n) is 12.5. The maximum atomic E-state index is 12.7. The van der Waals surface area contributed by atoms with Gasteiger partial charge in [0.25, 0.3) is 5.91 Å². The average molecular weight is 446 g/mol. The van der Waals surface area contributed by atoms with Crippen molar-refractivity contribution in [3.05, 3.63) is 26.6 Å². The Labute approximate surface area is 149 Å². The number of likely N-dealkylation sites (N-methyl/N-ethyl adjacent to an activating group) is 1. The number of carbonyl (C=O) groups is 3. The number of likely N-dealkylation sites (tertiary alicyclic amines) is 1. The second-order valence-electron chi connectivity index (χ2n) is 5.66. The second kappa shape index (κ2) is 5.59. The lowest BCUT2D eigenvalue weighted by atomic mass is 9.80. The molecule has 1 aromatic rings. The smallest absolute Gasteiger partial charge is 0.255 e. The number of nitrogens with one attached hydrogen (secondary N) is 1. The van der Waals surface area contributed by atoms with Gasteiger partial charge in [0.15, 0.2) is 0 Å². The molecule has 0 radical (unpaired) electrons. The average Bonchev–Trinajstić information content (AvgIpc) is 2.97. The SMILES string of the molecule is COc1cc([C@@H]2C(=O)N(C)C(=O)[C@@]23CCC(=O)N3)c(Br)cc1Br. The molecule has 2 aliphatic rings. The van der Waals surface area contributed by atoms with E-state index in [1.807, 2.05) is 0 Å². The zero-order valence-corrected chi connectivity index (χ0v) is 15.7. The molecule has 0 saturated carbocycles. The monoisotopic (exact) mass is 444 g/mol. The summed E-state index contributed by atoms with van der Waals surface area (Å²) in [5.74, 6) is -1.14. The highest BCUT2D eigenvalue weighted by atomic mass is 79.9. The normalized spacial score (nSPS) is 27.0. The Morgan fingerprint density at radius 2 is 1.96 bits per heavy atom. The van der Waals surface area contributed by atoms with Crippen molar-refractivity contribution >= 4 is 49.6 Å². The van der Waals surface area contributed by atoms with Gasteiger partial charge in [-0.3, -0.25) is 19.3 Å². The molecular weight excluding hydrogens is 432 g/mol. The molecule has 8 heteroatoms. The minimum atomic E-state index is -1.20. The largest absolute Gasteiger partial charge is 0.496 e. The van der Waals surface area contributed by atoms with Gasteiger partial charge in [-0.1, -0.05) is 15.9 Å². The first-order chi connectivity index (χ1) is 10.8. The molecule has 3 rings (SSSR count). The van der Waals surface area contributed by atoms with Crippen molar-refractivity contribution in [2.24, 2.45) is 0 Å². The Morgan fingerprint density at radius 3 is 2.52 bits per heavy atom. The van der Waals surface area contributed by atoms with Gasteiger partial charge in [0.05, 0.1) is 17.5 Å². The minimum Gasteiger partial charge on any atom is -0.496 e. The first kappa shape index (κ1) is 16.4. The predicted molar refractivity (Wildman–Crippen MR) is 89.0 cm³/mol. The fraction of sp³-hybridized carbons (Fsp3) is 0.400. The lowest BCUT2D eigenvalue weighted by Gasteiger charge is -2.27. The molecule has 1 N–H and O–H groups in total. The number of ether oxygens (including phenoxy) is 1. The van der Waals surface area contributed by atoms with Crippen LogP contribution in [0.2, 0.25) is 0 Å². The number of methoxy groups -OCH3 is 1. The summed E-state index contributed by atoms with van der Waals surface area (Å²) in [6.07, 6.45) is 0.533. The van der Waals surface area contributed by atoms with Gasteiger partial charge in [0.2, 0.25) is 11.8 Å². The van der Waals surface area contributed by atoms with Crippen molar-refractivity contribution in [3.63, 3.8) is 0 Å². The Kier molecular flexibility index (Phi) is 4.00. The third kappa shape index (κ3) is 2.30. The van der Waals surface area contributed by atoms with Crippen molar-refractivity contribution in [1.29, 1.82) is 0 Å². The zero-order chi connectivity index (χ0) is 16.9. The van der Waals surface area contributed by atoms with Gasteiger partial charge in [-0.15, -0.1) is 0 Å². The highest BCUT2D eigenvalue weighted by Crippen LogP contribution is 2.47. The third-order valence-electron chi connectivity index (χ3n) is 4.45. The number of rotatable bonds is 2. The van der Waals surface area contributed by atoms with Crippen molar-refractivity contribution in [2.75, 3.05) is 14.2 Å². The Morgan fingerprint density at radius 1 is 1.26 bits per heavy atom. The number of benzene rings is 1. The Bertz CT molecular complexity index is 736. The van der Waals surface area contributed by atoms with Crippen molar-refractivity contribution in [1.82, 2.24) is 10.2 Å². The summed E-state index contributed by atoms with van der Waals surface area (Å²) in [7, 11) is 2.97. The summed E-state index contributed by atoms with van der Waals surface area (Å²) in [5, 5.41) is 2.74. The molecule has 0 unspecified atom stereocenters. The van der Waals surface area contributed by atoms with Crippen LogP contribution >= 0.6 is 31.9 Å². The highest BCUT2D eigenvalue weighted by Gasteiger charge is 2.62. The van der Waals surface area contributed by atoms with Gasteiger partial charge in [-0.05, 0) is 40.0 Å². The molecule has 2 aliphatic heterocycles. The van der Waals surface area contributed by atoms with E-state index in [2.05, 4.69) is 37.2 Å². The van der Waals surface area contributed by atoms with Crippen LogP contribution in [0.4, 0.5) is 0 Å². The van der Waals surface area contributed by atoms with Crippen LogP contribution in [0.5, 0.6) is 5.75 Å². The summed E-state index contributed by atoms with van der Waals surface area (Å²) < 4.78 is 6.70. The van der Waals surface area contributed by atoms with E-state index in [1.165, 1.54) is 14.2 Å². The van der Waals surface area contributed by atoms with Gasteiger partial charge < -0.3 is 10.1 Å². The van der Waals surface area contributed by atoms with Crippen molar-refractivity contribution in [2.45, 2.75) is 24.3 Å². The van der Waals surface area contributed by atoms with Crippen LogP contribution in [0.15, 0.2) is 21.1 Å². The minimum absolute atomic E-state index is 0.216. The van der Waals surface area contributed by atoms with Gasteiger partial charge in [0, 0.05) is 17.9 Å². The van der Waals surface area contributed by atoms with E-state index in [0.717, 1.165) is 9.37 Å². The molecule has 0 aromatic heterocycles. The molecule has 1 aromatic carbocycles. The van der Waals surface area contributed by atoms with E-state index in [9.17, 15) is 14.4 Å². The fourth-order valence-corrected chi connectivity index (χ4v) is 4.69. The van der Waals surface area contributed by atoms with Crippen LogP contribution < -0.4 is 10.1 Å². The summed E-state index contributed by atoms with van der Waals surface area (Å²) in [6.45, 7) is 0. The first-order valence-electron chi connectivity index (χ1n) is 6.97. The summed E-state index contributed by atoms with van der Waals surface area (Å²) in [6, 6.07) is 3.49. The molecule has 0 bridgehead atoms. The number of hydrogen-bond donors (Lipinski definition) is 1. The van der Waals surface area contributed by atoms with Crippen LogP contribution in [0.3, 0.4) is 0 Å². The van der Waals surface area contributed by atoms with E-state index >= 15 is 0 Å². The molecule has 1 spiro atoms. The molecule has 2 heterocycles. The number of carbonyl (C=O) groups excluding carboxylic acids is 3. The van der Waals surface area contributed by atoms with Gasteiger partial charge in [-0.25, -0.2) is 0 Å². The molecular formula is C15H14Br2N2O4. The molecule has 2 atom stereocenters. The lowest BCUT2D eigenvalue weighted by Crippen LogP contribution is -2.51. The van der Waals surface area contributed by atoms with Crippen LogP contribution in [-0.4, -0.2) is 42.3 Å². The Balaban J connectivity index is 2.19. The first-order valence-corrected chi connectivity index (χ1v) is 8.56. The van der Waals surface area contributed by atoms with Crippen LogP contribution in [0, 0.1) is 0 Å². The molecule has 6 nitrogen and oxygen atoms in total. The van der Waals surface area contributed by atoms with E-state index < -0.39 is 11.5 Å². The summed E-state index contributed by atoms with van der Waals surface area (Å²) >= 11 is 6.84. The van der Waals surface area contributed by atoms with Gasteiger partial charge in [0.1, 0.15) is 11.3 Å². The second-order valence-corrected chi connectivity index (χ2v) is 7.37. The number of halogens is 2. The number of imide groups is 1. The molecule has 23 heavy (non-hydrogen) atoms. The predicted octanol–water partition coefficient (Wildman–Crippen LogP) is 1.95. The molecule has 2 saturated heterocycles.